The molecule has 0 atom stereocenters. The van der Waals surface area contributed by atoms with Crippen LogP contribution in [-0.4, -0.2) is 16.9 Å². The molecule has 100 valence electrons. The number of ether oxygens (including phenoxy) is 1. The molecule has 0 amide bonds. The fourth-order valence-electron chi connectivity index (χ4n) is 1.83. The van der Waals surface area contributed by atoms with Gasteiger partial charge in [-0.05, 0) is 17.7 Å². The lowest BCUT2D eigenvalue weighted by Crippen LogP contribution is -2.28. The van der Waals surface area contributed by atoms with Crippen LogP contribution in [0, 0.1) is 0 Å². The highest BCUT2D eigenvalue weighted by molar-refractivity contribution is 5.37. The number of rotatable bonds is 4. The summed E-state index contributed by atoms with van der Waals surface area (Å²) >= 11 is 0. The van der Waals surface area contributed by atoms with Gasteiger partial charge in [-0.3, -0.25) is 14.7 Å². The molecular weight excluding hydrogens is 246 g/mol. The maximum atomic E-state index is 11.7. The highest BCUT2D eigenvalue weighted by Crippen LogP contribution is 2.20. The van der Waals surface area contributed by atoms with Crippen LogP contribution in [0.25, 0.3) is 0 Å². The van der Waals surface area contributed by atoms with Crippen LogP contribution in [0.15, 0.2) is 39.9 Å². The summed E-state index contributed by atoms with van der Waals surface area (Å²) in [6.07, 6.45) is 0. The quantitative estimate of drug-likeness (QED) is 0.813. The van der Waals surface area contributed by atoms with Gasteiger partial charge in [-0.25, -0.2) is 4.68 Å². The first kappa shape index (κ1) is 13.1. The van der Waals surface area contributed by atoms with E-state index in [4.69, 9.17) is 10.5 Å². The van der Waals surface area contributed by atoms with Crippen molar-refractivity contribution in [2.45, 2.75) is 13.1 Å². The Morgan fingerprint density at radius 2 is 2.05 bits per heavy atom. The molecule has 6 nitrogen and oxygen atoms in total. The molecule has 0 bridgehead atoms. The summed E-state index contributed by atoms with van der Waals surface area (Å²) in [7, 11) is 1.55. The van der Waals surface area contributed by atoms with Gasteiger partial charge >= 0.3 is 0 Å². The topological polar surface area (TPSA) is 90.1 Å². The summed E-state index contributed by atoms with van der Waals surface area (Å²) in [5.41, 5.74) is 6.71. The molecule has 3 N–H and O–H groups in total. The van der Waals surface area contributed by atoms with Gasteiger partial charge < -0.3 is 10.5 Å². The number of methoxy groups -OCH3 is 1. The van der Waals surface area contributed by atoms with Gasteiger partial charge in [0.25, 0.3) is 11.1 Å². The Kier molecular flexibility index (Phi) is 3.82. The number of aromatic nitrogens is 2. The van der Waals surface area contributed by atoms with Crippen LogP contribution in [0.2, 0.25) is 0 Å². The lowest BCUT2D eigenvalue weighted by atomic mass is 10.1. The van der Waals surface area contributed by atoms with E-state index in [-0.39, 0.29) is 17.7 Å². The first-order valence-corrected chi connectivity index (χ1v) is 5.80. The number of H-pyrrole nitrogens is 1. The second-order valence-electron chi connectivity index (χ2n) is 4.08. The van der Waals surface area contributed by atoms with E-state index >= 15 is 0 Å². The van der Waals surface area contributed by atoms with Gasteiger partial charge in [-0.15, -0.1) is 0 Å². The molecule has 0 aliphatic rings. The minimum absolute atomic E-state index is 0.228. The largest absolute Gasteiger partial charge is 0.496 e. The van der Waals surface area contributed by atoms with Crippen LogP contribution in [0.4, 0.5) is 0 Å². The van der Waals surface area contributed by atoms with E-state index in [0.717, 1.165) is 11.1 Å². The average molecular weight is 261 g/mol. The lowest BCUT2D eigenvalue weighted by Gasteiger charge is -2.11. The number of hydrogen-bond acceptors (Lipinski definition) is 4. The predicted molar refractivity (Wildman–Crippen MR) is 71.3 cm³/mol. The van der Waals surface area contributed by atoms with E-state index in [0.29, 0.717) is 12.3 Å². The molecule has 0 saturated heterocycles. The fraction of sp³-hybridized carbons (Fsp3) is 0.231. The SMILES string of the molecule is COc1ccc(CN)cc1Cn1[nH]c(=O)ccc1=O. The van der Waals surface area contributed by atoms with Crippen molar-refractivity contribution in [3.05, 3.63) is 62.2 Å². The first-order chi connectivity index (χ1) is 9.13. The third-order valence-electron chi connectivity index (χ3n) is 2.80. The summed E-state index contributed by atoms with van der Waals surface area (Å²) in [6.45, 7) is 0.628. The van der Waals surface area contributed by atoms with Crippen molar-refractivity contribution in [2.24, 2.45) is 5.73 Å². The first-order valence-electron chi connectivity index (χ1n) is 5.80. The normalized spacial score (nSPS) is 10.4. The summed E-state index contributed by atoms with van der Waals surface area (Å²) in [5.74, 6) is 0.647. The Hall–Kier alpha value is -2.34. The third-order valence-corrected chi connectivity index (χ3v) is 2.80. The highest BCUT2D eigenvalue weighted by atomic mass is 16.5. The Morgan fingerprint density at radius 1 is 1.26 bits per heavy atom. The number of nitrogens with two attached hydrogens (primary N) is 1. The van der Waals surface area contributed by atoms with Gasteiger partial charge in [0.1, 0.15) is 5.75 Å². The number of nitrogens with one attached hydrogen (secondary N) is 1. The van der Waals surface area contributed by atoms with E-state index in [1.807, 2.05) is 12.1 Å². The standard InChI is InChI=1S/C13H15N3O3/c1-19-11-3-2-9(7-14)6-10(11)8-16-13(18)5-4-12(17)15-16/h2-6H,7-8,14H2,1H3,(H,15,17). The minimum atomic E-state index is -0.325. The number of benzene rings is 1. The van der Waals surface area contributed by atoms with Gasteiger partial charge in [-0.1, -0.05) is 6.07 Å². The fourth-order valence-corrected chi connectivity index (χ4v) is 1.83. The molecule has 2 rings (SSSR count). The van der Waals surface area contributed by atoms with E-state index in [9.17, 15) is 9.59 Å². The van der Waals surface area contributed by atoms with Gasteiger partial charge in [-0.2, -0.15) is 0 Å². The maximum Gasteiger partial charge on any atom is 0.265 e. The number of hydrogen-bond donors (Lipinski definition) is 2. The van der Waals surface area contributed by atoms with Crippen molar-refractivity contribution >= 4 is 0 Å². The number of nitrogens with zero attached hydrogens (tertiary/aromatic N) is 1. The van der Waals surface area contributed by atoms with Crippen LogP contribution in [0.1, 0.15) is 11.1 Å². The van der Waals surface area contributed by atoms with Gasteiger partial charge in [0.05, 0.1) is 13.7 Å². The Morgan fingerprint density at radius 3 is 2.74 bits per heavy atom. The van der Waals surface area contributed by atoms with Crippen molar-refractivity contribution in [1.29, 1.82) is 0 Å². The second kappa shape index (κ2) is 5.53. The molecule has 19 heavy (non-hydrogen) atoms. The Balaban J connectivity index is 2.44. The van der Waals surface area contributed by atoms with Crippen molar-refractivity contribution in [3.63, 3.8) is 0 Å². The average Bonchev–Trinajstić information content (AvgIpc) is 2.42. The van der Waals surface area contributed by atoms with Gasteiger partial charge in [0.2, 0.25) is 0 Å². The lowest BCUT2D eigenvalue weighted by molar-refractivity contribution is 0.406. The molecule has 1 aromatic heterocycles. The molecule has 2 aromatic rings. The monoisotopic (exact) mass is 261 g/mol. The summed E-state index contributed by atoms with van der Waals surface area (Å²) in [4.78, 5) is 22.9. The van der Waals surface area contributed by atoms with Gasteiger partial charge in [0.15, 0.2) is 0 Å². The van der Waals surface area contributed by atoms with Crippen LogP contribution >= 0.6 is 0 Å². The Labute approximate surface area is 109 Å². The molecule has 1 aromatic carbocycles. The van der Waals surface area contributed by atoms with Crippen molar-refractivity contribution in [3.8, 4) is 5.75 Å². The summed E-state index contributed by atoms with van der Waals surface area (Å²) in [6, 6.07) is 7.95. The summed E-state index contributed by atoms with van der Waals surface area (Å²) < 4.78 is 6.48. The summed E-state index contributed by atoms with van der Waals surface area (Å²) in [5, 5.41) is 2.47. The zero-order valence-corrected chi connectivity index (χ0v) is 10.6. The van der Waals surface area contributed by atoms with E-state index in [2.05, 4.69) is 5.10 Å². The molecule has 0 saturated carbocycles. The Bertz CT molecular complexity index is 688. The predicted octanol–water partition coefficient (Wildman–Crippen LogP) is 0.0522. The van der Waals surface area contributed by atoms with E-state index < -0.39 is 0 Å². The van der Waals surface area contributed by atoms with Crippen molar-refractivity contribution < 1.29 is 4.74 Å². The molecule has 0 aliphatic heterocycles. The minimum Gasteiger partial charge on any atom is -0.496 e. The molecule has 0 unspecified atom stereocenters. The van der Waals surface area contributed by atoms with Crippen LogP contribution in [-0.2, 0) is 13.1 Å². The van der Waals surface area contributed by atoms with Crippen molar-refractivity contribution in [1.82, 2.24) is 9.78 Å². The second-order valence-corrected chi connectivity index (χ2v) is 4.08. The van der Waals surface area contributed by atoms with Crippen LogP contribution in [0.3, 0.4) is 0 Å². The molecular formula is C13H15N3O3. The maximum absolute atomic E-state index is 11.7. The third kappa shape index (κ3) is 2.92. The molecule has 1 heterocycles. The molecule has 0 aliphatic carbocycles. The molecule has 0 fully saturated rings. The van der Waals surface area contributed by atoms with Crippen LogP contribution in [0.5, 0.6) is 5.75 Å². The zero-order valence-electron chi connectivity index (χ0n) is 10.6. The van der Waals surface area contributed by atoms with E-state index in [1.165, 1.54) is 16.8 Å². The van der Waals surface area contributed by atoms with Crippen LogP contribution < -0.4 is 21.6 Å². The highest BCUT2D eigenvalue weighted by Gasteiger charge is 2.06. The molecule has 6 heteroatoms. The smallest absolute Gasteiger partial charge is 0.265 e. The van der Waals surface area contributed by atoms with Crippen molar-refractivity contribution in [2.75, 3.05) is 7.11 Å². The zero-order chi connectivity index (χ0) is 13.8. The van der Waals surface area contributed by atoms with Gasteiger partial charge in [0, 0.05) is 24.2 Å². The molecule has 0 spiro atoms. The van der Waals surface area contributed by atoms with E-state index in [1.54, 1.807) is 13.2 Å². The molecule has 0 radical (unpaired) electrons. The number of aromatic amines is 1.